The van der Waals surface area contributed by atoms with Crippen molar-refractivity contribution in [2.45, 2.75) is 45.4 Å². The average molecular weight is 245 g/mol. The number of hydrogen-bond donors (Lipinski definition) is 0. The van der Waals surface area contributed by atoms with Crippen LogP contribution in [-0.2, 0) is 5.41 Å². The first-order valence-electron chi connectivity index (χ1n) is 6.94. The predicted molar refractivity (Wildman–Crippen MR) is 74.9 cm³/mol. The predicted octanol–water partition coefficient (Wildman–Crippen LogP) is 3.61. The first-order chi connectivity index (χ1) is 8.54. The topological polar surface area (TPSA) is 20.3 Å². The van der Waals surface area contributed by atoms with Crippen LogP contribution in [0.5, 0.6) is 0 Å². The molecule has 1 amide bonds. The Morgan fingerprint density at radius 1 is 1.17 bits per heavy atom. The molecule has 0 spiro atoms. The molecule has 1 aliphatic rings. The van der Waals surface area contributed by atoms with Crippen LogP contribution in [0.1, 0.15) is 56.0 Å². The molecule has 2 heteroatoms. The molecule has 2 nitrogen and oxygen atoms in total. The van der Waals surface area contributed by atoms with Gasteiger partial charge in [-0.1, -0.05) is 32.9 Å². The Balaban J connectivity index is 2.14. The molecular formula is C16H23NO. The zero-order chi connectivity index (χ0) is 13.2. The Morgan fingerprint density at radius 3 is 2.22 bits per heavy atom. The third-order valence-electron chi connectivity index (χ3n) is 4.19. The molecular weight excluding hydrogens is 222 g/mol. The normalized spacial score (nSPS) is 16.1. The standard InChI is InChI=1S/C16H23NO/c1-4-16(2,3)14-9-7-13(8-10-14)15(18)17-11-5-6-12-17/h7-10H,4-6,11-12H2,1-3H3. The molecule has 18 heavy (non-hydrogen) atoms. The molecule has 0 aromatic heterocycles. The van der Waals surface area contributed by atoms with E-state index in [0.717, 1.165) is 37.9 Å². The van der Waals surface area contributed by atoms with Gasteiger partial charge in [0.2, 0.25) is 0 Å². The van der Waals surface area contributed by atoms with Crippen LogP contribution in [-0.4, -0.2) is 23.9 Å². The van der Waals surface area contributed by atoms with Crippen molar-refractivity contribution in [3.8, 4) is 0 Å². The van der Waals surface area contributed by atoms with Gasteiger partial charge < -0.3 is 4.90 Å². The van der Waals surface area contributed by atoms with Crippen LogP contribution in [0.4, 0.5) is 0 Å². The van der Waals surface area contributed by atoms with Crippen LogP contribution in [0.3, 0.4) is 0 Å². The van der Waals surface area contributed by atoms with Crippen molar-refractivity contribution in [1.29, 1.82) is 0 Å². The van der Waals surface area contributed by atoms with Crippen molar-refractivity contribution in [3.63, 3.8) is 0 Å². The molecule has 1 heterocycles. The van der Waals surface area contributed by atoms with Gasteiger partial charge in [-0.25, -0.2) is 0 Å². The van der Waals surface area contributed by atoms with Crippen LogP contribution in [0, 0.1) is 0 Å². The maximum atomic E-state index is 12.2. The summed E-state index contributed by atoms with van der Waals surface area (Å²) in [5.74, 6) is 0.188. The number of amides is 1. The number of carbonyl (C=O) groups is 1. The van der Waals surface area contributed by atoms with Gasteiger partial charge in [0.1, 0.15) is 0 Å². The van der Waals surface area contributed by atoms with E-state index in [1.165, 1.54) is 5.56 Å². The molecule has 0 saturated carbocycles. The van der Waals surface area contributed by atoms with Crippen LogP contribution >= 0.6 is 0 Å². The molecule has 0 aliphatic carbocycles. The minimum absolute atomic E-state index is 0.188. The molecule has 1 fully saturated rings. The van der Waals surface area contributed by atoms with E-state index in [-0.39, 0.29) is 11.3 Å². The summed E-state index contributed by atoms with van der Waals surface area (Å²) < 4.78 is 0. The van der Waals surface area contributed by atoms with E-state index in [9.17, 15) is 4.79 Å². The van der Waals surface area contributed by atoms with Crippen molar-refractivity contribution in [2.24, 2.45) is 0 Å². The van der Waals surface area contributed by atoms with Gasteiger partial charge in [0.25, 0.3) is 5.91 Å². The lowest BCUT2D eigenvalue weighted by molar-refractivity contribution is 0.0793. The Labute approximate surface area is 110 Å². The lowest BCUT2D eigenvalue weighted by Crippen LogP contribution is -2.27. The van der Waals surface area contributed by atoms with Crippen molar-refractivity contribution in [2.75, 3.05) is 13.1 Å². The lowest BCUT2D eigenvalue weighted by Gasteiger charge is -2.23. The van der Waals surface area contributed by atoms with Gasteiger partial charge >= 0.3 is 0 Å². The Morgan fingerprint density at radius 2 is 1.72 bits per heavy atom. The highest BCUT2D eigenvalue weighted by molar-refractivity contribution is 5.94. The summed E-state index contributed by atoms with van der Waals surface area (Å²) in [7, 11) is 0. The minimum atomic E-state index is 0.188. The second kappa shape index (κ2) is 5.13. The maximum Gasteiger partial charge on any atom is 0.253 e. The maximum absolute atomic E-state index is 12.2. The largest absolute Gasteiger partial charge is 0.339 e. The van der Waals surface area contributed by atoms with E-state index in [1.54, 1.807) is 0 Å². The summed E-state index contributed by atoms with van der Waals surface area (Å²) in [5, 5.41) is 0. The first-order valence-corrected chi connectivity index (χ1v) is 6.94. The highest BCUT2D eigenvalue weighted by Gasteiger charge is 2.21. The zero-order valence-corrected chi connectivity index (χ0v) is 11.7. The first kappa shape index (κ1) is 13.1. The number of carbonyl (C=O) groups excluding carboxylic acids is 1. The van der Waals surface area contributed by atoms with Gasteiger partial charge in [0.05, 0.1) is 0 Å². The summed E-state index contributed by atoms with van der Waals surface area (Å²) in [6.45, 7) is 8.51. The molecule has 1 aromatic rings. The van der Waals surface area contributed by atoms with Gasteiger partial charge in [-0.2, -0.15) is 0 Å². The number of rotatable bonds is 3. The lowest BCUT2D eigenvalue weighted by atomic mass is 9.82. The summed E-state index contributed by atoms with van der Waals surface area (Å²) >= 11 is 0. The van der Waals surface area contributed by atoms with Crippen molar-refractivity contribution < 1.29 is 4.79 Å². The van der Waals surface area contributed by atoms with E-state index < -0.39 is 0 Å². The van der Waals surface area contributed by atoms with Crippen molar-refractivity contribution >= 4 is 5.91 Å². The average Bonchev–Trinajstić information content (AvgIpc) is 2.92. The molecule has 0 radical (unpaired) electrons. The van der Waals surface area contributed by atoms with Crippen LogP contribution in [0.15, 0.2) is 24.3 Å². The van der Waals surface area contributed by atoms with E-state index in [4.69, 9.17) is 0 Å². The Kier molecular flexibility index (Phi) is 3.74. The zero-order valence-electron chi connectivity index (χ0n) is 11.7. The Bertz CT molecular complexity index is 413. The van der Waals surface area contributed by atoms with E-state index >= 15 is 0 Å². The summed E-state index contributed by atoms with van der Waals surface area (Å²) in [6, 6.07) is 8.17. The summed E-state index contributed by atoms with van der Waals surface area (Å²) in [4.78, 5) is 14.2. The molecule has 2 rings (SSSR count). The van der Waals surface area contributed by atoms with E-state index in [2.05, 4.69) is 32.9 Å². The minimum Gasteiger partial charge on any atom is -0.339 e. The van der Waals surface area contributed by atoms with Gasteiger partial charge in [-0.3, -0.25) is 4.79 Å². The second-order valence-electron chi connectivity index (χ2n) is 5.81. The van der Waals surface area contributed by atoms with E-state index in [1.807, 2.05) is 17.0 Å². The van der Waals surface area contributed by atoms with Gasteiger partial charge in [0.15, 0.2) is 0 Å². The molecule has 0 atom stereocenters. The number of benzene rings is 1. The molecule has 1 aromatic carbocycles. The van der Waals surface area contributed by atoms with Crippen LogP contribution < -0.4 is 0 Å². The quantitative estimate of drug-likeness (QED) is 0.796. The monoisotopic (exact) mass is 245 g/mol. The molecule has 1 saturated heterocycles. The third kappa shape index (κ3) is 2.58. The molecule has 1 aliphatic heterocycles. The van der Waals surface area contributed by atoms with E-state index in [0.29, 0.717) is 0 Å². The highest BCUT2D eigenvalue weighted by Crippen LogP contribution is 2.27. The fourth-order valence-electron chi connectivity index (χ4n) is 2.37. The fourth-order valence-corrected chi connectivity index (χ4v) is 2.37. The second-order valence-corrected chi connectivity index (χ2v) is 5.81. The molecule has 98 valence electrons. The summed E-state index contributed by atoms with van der Waals surface area (Å²) in [6.07, 6.45) is 3.39. The summed E-state index contributed by atoms with van der Waals surface area (Å²) in [5.41, 5.74) is 2.32. The highest BCUT2D eigenvalue weighted by atomic mass is 16.2. The SMILES string of the molecule is CCC(C)(C)c1ccc(C(=O)N2CCCC2)cc1. The fraction of sp³-hybridized carbons (Fsp3) is 0.562. The van der Waals surface area contributed by atoms with Crippen LogP contribution in [0.25, 0.3) is 0 Å². The molecule has 0 N–H and O–H groups in total. The number of hydrogen-bond acceptors (Lipinski definition) is 1. The smallest absolute Gasteiger partial charge is 0.253 e. The molecule has 0 bridgehead atoms. The van der Waals surface area contributed by atoms with Gasteiger partial charge in [0, 0.05) is 18.7 Å². The third-order valence-corrected chi connectivity index (χ3v) is 4.19. The number of likely N-dealkylation sites (tertiary alicyclic amines) is 1. The number of nitrogens with zero attached hydrogens (tertiary/aromatic N) is 1. The van der Waals surface area contributed by atoms with Gasteiger partial charge in [-0.15, -0.1) is 0 Å². The molecule has 0 unspecified atom stereocenters. The van der Waals surface area contributed by atoms with Crippen LogP contribution in [0.2, 0.25) is 0 Å². The van der Waals surface area contributed by atoms with Crippen molar-refractivity contribution in [1.82, 2.24) is 4.90 Å². The van der Waals surface area contributed by atoms with Gasteiger partial charge in [-0.05, 0) is 42.4 Å². The Hall–Kier alpha value is -1.31. The van der Waals surface area contributed by atoms with Crippen molar-refractivity contribution in [3.05, 3.63) is 35.4 Å².